The summed E-state index contributed by atoms with van der Waals surface area (Å²) in [5, 5.41) is 4.70. The van der Waals surface area contributed by atoms with Crippen molar-refractivity contribution in [3.8, 4) is 56.2 Å². The molecule has 4 heteroatoms. The first kappa shape index (κ1) is 28.6. The molecular weight excluding hydrogens is 629 g/mol. The van der Waals surface area contributed by atoms with Crippen LogP contribution in [-0.2, 0) is 0 Å². The van der Waals surface area contributed by atoms with Gasteiger partial charge in [-0.25, -0.2) is 9.97 Å². The predicted molar refractivity (Wildman–Crippen MR) is 209 cm³/mol. The fourth-order valence-corrected chi connectivity index (χ4v) is 8.22. The lowest BCUT2D eigenvalue weighted by atomic mass is 9.95. The highest BCUT2D eigenvalue weighted by Gasteiger charge is 2.20. The third-order valence-corrected chi connectivity index (χ3v) is 10.7. The molecule has 0 bridgehead atoms. The summed E-state index contributed by atoms with van der Waals surface area (Å²) in [5.41, 5.74) is 11.0. The van der Waals surface area contributed by atoms with E-state index in [1.807, 2.05) is 47.7 Å². The molecule has 0 spiro atoms. The quantitative estimate of drug-likeness (QED) is 0.185. The molecule has 0 aliphatic carbocycles. The van der Waals surface area contributed by atoms with Crippen molar-refractivity contribution >= 4 is 53.4 Å². The fraction of sp³-hybridized carbons (Fsp3) is 0. The smallest absolute Gasteiger partial charge is 0.160 e. The molecule has 0 fully saturated rings. The lowest BCUT2D eigenvalue weighted by molar-refractivity contribution is 0.670. The van der Waals surface area contributed by atoms with Crippen molar-refractivity contribution in [2.24, 2.45) is 0 Å². The second-order valence-electron chi connectivity index (χ2n) is 12.5. The Kier molecular flexibility index (Phi) is 6.68. The minimum absolute atomic E-state index is 0.686. The Morgan fingerprint density at radius 2 is 1.00 bits per heavy atom. The van der Waals surface area contributed by atoms with Crippen molar-refractivity contribution in [2.75, 3.05) is 0 Å². The first-order chi connectivity index (χ1) is 24.8. The number of fused-ring (bicyclic) bond motifs is 6. The third kappa shape index (κ3) is 4.80. The van der Waals surface area contributed by atoms with Gasteiger partial charge in [0.15, 0.2) is 5.82 Å². The third-order valence-electron chi connectivity index (χ3n) is 9.54. The molecule has 3 aromatic heterocycles. The number of hydrogen-bond acceptors (Lipinski definition) is 4. The van der Waals surface area contributed by atoms with Crippen LogP contribution in [0, 0.1) is 0 Å². The van der Waals surface area contributed by atoms with Crippen LogP contribution in [0.25, 0.3) is 98.3 Å². The average molecular weight is 657 g/mol. The Balaban J connectivity index is 1.17. The van der Waals surface area contributed by atoms with Crippen LogP contribution >= 0.6 is 11.3 Å². The molecule has 10 aromatic rings. The zero-order chi connectivity index (χ0) is 33.0. The van der Waals surface area contributed by atoms with Gasteiger partial charge in [-0.15, -0.1) is 11.3 Å². The van der Waals surface area contributed by atoms with E-state index in [-0.39, 0.29) is 0 Å². The van der Waals surface area contributed by atoms with E-state index in [0.29, 0.717) is 5.82 Å². The van der Waals surface area contributed by atoms with Crippen LogP contribution < -0.4 is 0 Å². The average Bonchev–Trinajstić information content (AvgIpc) is 3.77. The van der Waals surface area contributed by atoms with Gasteiger partial charge in [-0.2, -0.15) is 0 Å². The number of rotatable bonds is 5. The largest absolute Gasteiger partial charge is 0.455 e. The molecule has 0 aliphatic heterocycles. The number of hydrogen-bond donors (Lipinski definition) is 0. The first-order valence-corrected chi connectivity index (χ1v) is 17.6. The summed E-state index contributed by atoms with van der Waals surface area (Å²) in [7, 11) is 0. The van der Waals surface area contributed by atoms with E-state index in [1.54, 1.807) is 0 Å². The van der Waals surface area contributed by atoms with Crippen LogP contribution in [0.1, 0.15) is 0 Å². The van der Waals surface area contributed by atoms with Gasteiger partial charge in [-0.1, -0.05) is 140 Å². The second-order valence-corrected chi connectivity index (χ2v) is 13.6. The topological polar surface area (TPSA) is 38.9 Å². The Labute approximate surface area is 292 Å². The molecule has 0 atom stereocenters. The van der Waals surface area contributed by atoms with Crippen LogP contribution in [0.3, 0.4) is 0 Å². The number of thiophene rings is 1. The molecule has 3 heterocycles. The van der Waals surface area contributed by atoms with Gasteiger partial charge in [0, 0.05) is 53.2 Å². The molecule has 50 heavy (non-hydrogen) atoms. The Hall–Kier alpha value is -6.36. The lowest BCUT2D eigenvalue weighted by Crippen LogP contribution is -1.96. The molecule has 0 unspecified atom stereocenters. The molecule has 7 aromatic carbocycles. The minimum atomic E-state index is 0.686. The van der Waals surface area contributed by atoms with Crippen LogP contribution in [0.15, 0.2) is 174 Å². The van der Waals surface area contributed by atoms with Gasteiger partial charge in [0.1, 0.15) is 11.2 Å². The Morgan fingerprint density at radius 1 is 0.400 bits per heavy atom. The maximum absolute atomic E-state index is 6.72. The molecule has 0 amide bonds. The predicted octanol–water partition coefficient (Wildman–Crippen LogP) is 13.1. The van der Waals surface area contributed by atoms with Gasteiger partial charge in [-0.3, -0.25) is 0 Å². The van der Waals surface area contributed by atoms with Gasteiger partial charge in [0.25, 0.3) is 0 Å². The van der Waals surface area contributed by atoms with E-state index in [4.69, 9.17) is 14.4 Å². The number of nitrogens with zero attached hydrogens (tertiary/aromatic N) is 2. The van der Waals surface area contributed by atoms with Crippen molar-refractivity contribution in [1.29, 1.82) is 0 Å². The fourth-order valence-electron chi connectivity index (χ4n) is 7.08. The first-order valence-electron chi connectivity index (χ1n) is 16.7. The van der Waals surface area contributed by atoms with Crippen molar-refractivity contribution in [2.45, 2.75) is 0 Å². The summed E-state index contributed by atoms with van der Waals surface area (Å²) in [6, 6.07) is 59.5. The van der Waals surface area contributed by atoms with E-state index in [0.717, 1.165) is 61.1 Å². The van der Waals surface area contributed by atoms with Crippen molar-refractivity contribution in [1.82, 2.24) is 9.97 Å². The van der Waals surface area contributed by atoms with E-state index < -0.39 is 0 Å². The van der Waals surface area contributed by atoms with Gasteiger partial charge < -0.3 is 4.42 Å². The maximum Gasteiger partial charge on any atom is 0.160 e. The van der Waals surface area contributed by atoms with Crippen LogP contribution in [-0.4, -0.2) is 9.97 Å². The molecule has 0 aliphatic rings. The molecule has 0 N–H and O–H groups in total. The van der Waals surface area contributed by atoms with E-state index in [1.165, 1.54) is 31.3 Å². The molecule has 0 saturated carbocycles. The molecule has 10 rings (SSSR count). The van der Waals surface area contributed by atoms with Gasteiger partial charge in [-0.05, 0) is 47.0 Å². The molecular formula is C46H28N2OS. The monoisotopic (exact) mass is 656 g/mol. The SMILES string of the molecule is c1ccc(-c2ccc(-c3cc(-c4ccc(-c5ccc6c(c5)sc5ccccc56)c5oc6ccccc6c45)nc(-c4ccccc4)n3)cc2)cc1. The van der Waals surface area contributed by atoms with Crippen LogP contribution in [0.4, 0.5) is 0 Å². The van der Waals surface area contributed by atoms with Gasteiger partial charge in [0.2, 0.25) is 0 Å². The summed E-state index contributed by atoms with van der Waals surface area (Å²) in [6.07, 6.45) is 0. The van der Waals surface area contributed by atoms with Crippen molar-refractivity contribution in [3.63, 3.8) is 0 Å². The summed E-state index contributed by atoms with van der Waals surface area (Å²) < 4.78 is 9.28. The van der Waals surface area contributed by atoms with Crippen molar-refractivity contribution in [3.05, 3.63) is 170 Å². The summed E-state index contributed by atoms with van der Waals surface area (Å²) in [4.78, 5) is 10.3. The number of benzene rings is 7. The number of aromatic nitrogens is 2. The minimum Gasteiger partial charge on any atom is -0.455 e. The Bertz CT molecular complexity index is 2850. The zero-order valence-electron chi connectivity index (χ0n) is 26.9. The number of furan rings is 1. The maximum atomic E-state index is 6.72. The molecule has 0 saturated heterocycles. The van der Waals surface area contributed by atoms with Crippen LogP contribution in [0.5, 0.6) is 0 Å². The molecule has 3 nitrogen and oxygen atoms in total. The lowest BCUT2D eigenvalue weighted by Gasteiger charge is -2.12. The molecule has 234 valence electrons. The summed E-state index contributed by atoms with van der Waals surface area (Å²) in [5.74, 6) is 0.686. The second kappa shape index (κ2) is 11.7. The highest BCUT2D eigenvalue weighted by atomic mass is 32.1. The normalized spacial score (nSPS) is 11.6. The van der Waals surface area contributed by atoms with E-state index >= 15 is 0 Å². The van der Waals surface area contributed by atoms with E-state index in [9.17, 15) is 0 Å². The van der Waals surface area contributed by atoms with Gasteiger partial charge in [0.05, 0.1) is 11.4 Å². The summed E-state index contributed by atoms with van der Waals surface area (Å²) in [6.45, 7) is 0. The molecule has 0 radical (unpaired) electrons. The van der Waals surface area contributed by atoms with Gasteiger partial charge >= 0.3 is 0 Å². The standard InChI is InChI=1S/C46H28N2OS/c1-3-11-29(12-4-1)30-19-21-31(22-20-30)39-28-40(48-46(47-39)32-13-5-2-6-14-32)37-26-25-34(45-44(37)38-16-7-9-17-41(38)49-45)33-23-24-36-35-15-8-10-18-42(35)50-43(36)27-33/h1-28H. The zero-order valence-corrected chi connectivity index (χ0v) is 27.7. The van der Waals surface area contributed by atoms with E-state index in [2.05, 4.69) is 133 Å². The highest BCUT2D eigenvalue weighted by Crippen LogP contribution is 2.44. The van der Waals surface area contributed by atoms with Crippen LogP contribution in [0.2, 0.25) is 0 Å². The van der Waals surface area contributed by atoms with Crippen molar-refractivity contribution < 1.29 is 4.42 Å². The highest BCUT2D eigenvalue weighted by molar-refractivity contribution is 7.25. The number of para-hydroxylation sites is 1. The Morgan fingerprint density at radius 3 is 1.82 bits per heavy atom. The summed E-state index contributed by atoms with van der Waals surface area (Å²) >= 11 is 1.83.